The van der Waals surface area contributed by atoms with Gasteiger partial charge in [-0.1, -0.05) is 38.2 Å². The summed E-state index contributed by atoms with van der Waals surface area (Å²) in [4.78, 5) is 56.0. The quantitative estimate of drug-likeness (QED) is 0.240. The molecule has 10 nitrogen and oxygen atoms in total. The lowest BCUT2D eigenvalue weighted by Gasteiger charge is -2.35. The van der Waals surface area contributed by atoms with Crippen LogP contribution in [0.2, 0.25) is 19.1 Å². The number of rotatable bonds is 6. The third-order valence-corrected chi connectivity index (χ3v) is 10.8. The zero-order chi connectivity index (χ0) is 31.9. The number of aliphatic carboxylic acids is 1. The number of cyclic esters (lactones) is 1. The molecular weight excluding hydrogens is 587 g/mol. The number of carboxylic acid groups (broad SMARTS) is 1. The van der Waals surface area contributed by atoms with Gasteiger partial charge in [0.2, 0.25) is 5.60 Å². The number of nitrogens with zero attached hydrogens (tertiary/aromatic N) is 2. The second-order valence-electron chi connectivity index (χ2n) is 11.0. The molecule has 0 spiro atoms. The average molecular weight is 620 g/mol. The Morgan fingerprint density at radius 3 is 2.44 bits per heavy atom. The van der Waals surface area contributed by atoms with Crippen LogP contribution in [0, 0.1) is 0 Å². The van der Waals surface area contributed by atoms with Crippen molar-refractivity contribution in [3.63, 3.8) is 0 Å². The number of fused-ring (bicyclic) bond motifs is 5. The average Bonchev–Trinajstić information content (AvgIpc) is 3.31. The molecule has 4 heterocycles. The maximum absolute atomic E-state index is 13.7. The largest absolute Gasteiger partial charge is 0.490 e. The number of pyridine rings is 2. The van der Waals surface area contributed by atoms with Gasteiger partial charge in [-0.15, -0.1) is 0 Å². The topological polar surface area (TPSA) is 137 Å². The third-order valence-electron chi connectivity index (χ3n) is 7.92. The lowest BCUT2D eigenvalue weighted by molar-refractivity contribution is -0.192. The zero-order valence-corrected chi connectivity index (χ0v) is 25.3. The first kappa shape index (κ1) is 31.9. The highest BCUT2D eigenvalue weighted by atomic mass is 28.3. The first-order chi connectivity index (χ1) is 20.1. The molecular formula is C29H32F3N3O7Si. The Morgan fingerprint density at radius 2 is 1.86 bits per heavy atom. The Bertz CT molecular complexity index is 1690. The van der Waals surface area contributed by atoms with E-state index in [4.69, 9.17) is 24.4 Å². The minimum atomic E-state index is -5.08. The number of esters is 2. The van der Waals surface area contributed by atoms with Crippen LogP contribution in [-0.2, 0) is 49.0 Å². The third kappa shape index (κ3) is 5.93. The summed E-state index contributed by atoms with van der Waals surface area (Å²) in [5.41, 5.74) is 3.39. The molecule has 14 heteroatoms. The molecule has 0 saturated heterocycles. The Balaban J connectivity index is 0.000000541. The van der Waals surface area contributed by atoms with Gasteiger partial charge in [0.05, 0.1) is 29.0 Å². The monoisotopic (exact) mass is 619 g/mol. The molecule has 0 radical (unpaired) electrons. The lowest BCUT2D eigenvalue weighted by Crippen LogP contribution is -2.47. The summed E-state index contributed by atoms with van der Waals surface area (Å²) >= 11 is 0. The number of aromatic nitrogens is 2. The van der Waals surface area contributed by atoms with E-state index in [9.17, 15) is 27.6 Å². The van der Waals surface area contributed by atoms with Crippen molar-refractivity contribution in [2.45, 2.75) is 70.8 Å². The molecule has 0 amide bonds. The van der Waals surface area contributed by atoms with Crippen LogP contribution in [0.5, 0.6) is 0 Å². The number of hydrogen-bond acceptors (Lipinski definition) is 8. The Hall–Kier alpha value is -4.04. The van der Waals surface area contributed by atoms with Crippen LogP contribution in [0.25, 0.3) is 22.3 Å². The predicted molar refractivity (Wildman–Crippen MR) is 153 cm³/mol. The molecule has 2 aliphatic heterocycles. The molecule has 1 aromatic carbocycles. The van der Waals surface area contributed by atoms with Crippen LogP contribution < -0.4 is 10.5 Å². The molecule has 2 aromatic heterocycles. The Kier molecular flexibility index (Phi) is 8.57. The van der Waals surface area contributed by atoms with Gasteiger partial charge in [0.15, 0.2) is 0 Å². The zero-order valence-electron chi connectivity index (χ0n) is 24.3. The van der Waals surface area contributed by atoms with Crippen molar-refractivity contribution in [3.05, 3.63) is 62.9 Å². The highest BCUT2D eigenvalue weighted by Crippen LogP contribution is 2.42. The second kappa shape index (κ2) is 11.6. The number of aryl methyl sites for hydroxylation is 1. The standard InChI is InChI=1S/C27H31N3O5Si.C2HF3O2/c1-6-27(35-16(2)31)21-13-23-24-19(14-30(23)25(32)20(21)15-34-26(27)33)17(11-12-36(4,5)28-3)18-9-7-8-10-22(18)29-24;3-2(4,5)1(6)7/h7-10,13,28H,6,11-12,14-15H2,1-5H3;(H,6,7)/t27-;/m0./s1. The number of para-hydroxylation sites is 1. The number of carboxylic acids is 1. The maximum Gasteiger partial charge on any atom is 0.490 e. The minimum absolute atomic E-state index is 0.142. The second-order valence-corrected chi connectivity index (χ2v) is 15.8. The van der Waals surface area contributed by atoms with Crippen molar-refractivity contribution in [1.29, 1.82) is 0 Å². The van der Waals surface area contributed by atoms with E-state index in [0.29, 0.717) is 23.4 Å². The minimum Gasteiger partial charge on any atom is -0.475 e. The van der Waals surface area contributed by atoms with Crippen LogP contribution in [0.3, 0.4) is 0 Å². The van der Waals surface area contributed by atoms with Crippen LogP contribution in [0.15, 0.2) is 35.1 Å². The number of alkyl halides is 3. The van der Waals surface area contributed by atoms with Crippen molar-refractivity contribution in [2.75, 3.05) is 7.05 Å². The van der Waals surface area contributed by atoms with Crippen molar-refractivity contribution >= 4 is 37.0 Å². The van der Waals surface area contributed by atoms with Crippen molar-refractivity contribution in [1.82, 2.24) is 14.5 Å². The van der Waals surface area contributed by atoms with E-state index in [0.717, 1.165) is 34.6 Å². The van der Waals surface area contributed by atoms with Crippen molar-refractivity contribution in [2.24, 2.45) is 0 Å². The molecule has 3 aromatic rings. The summed E-state index contributed by atoms with van der Waals surface area (Å²) in [6.45, 7) is 7.88. The van der Waals surface area contributed by atoms with Crippen LogP contribution in [0.1, 0.15) is 42.5 Å². The van der Waals surface area contributed by atoms with E-state index in [1.165, 1.54) is 12.5 Å². The fourth-order valence-corrected chi connectivity index (χ4v) is 6.49. The first-order valence-corrected chi connectivity index (χ1v) is 16.8. The van der Waals surface area contributed by atoms with Gasteiger partial charge in [0.25, 0.3) is 5.56 Å². The van der Waals surface area contributed by atoms with E-state index in [1.807, 2.05) is 31.3 Å². The van der Waals surface area contributed by atoms with Crippen molar-refractivity contribution in [3.8, 4) is 11.4 Å². The molecule has 0 aliphatic carbocycles. The van der Waals surface area contributed by atoms with Crippen LogP contribution in [-0.4, -0.2) is 54.0 Å². The number of carbonyl (C=O) groups excluding carboxylic acids is 2. The Morgan fingerprint density at radius 1 is 1.21 bits per heavy atom. The predicted octanol–water partition coefficient (Wildman–Crippen LogP) is 4.25. The van der Waals surface area contributed by atoms with E-state index in [-0.39, 0.29) is 18.6 Å². The SMILES string of the molecule is CC[C@@]1(OC(C)=O)C(=O)OCc2c1cc1n(c2=O)Cc2c-1nc1ccccc1c2CC[Si](C)(C)NC.O=C(O)C(F)(F)F. The number of halogens is 3. The highest BCUT2D eigenvalue weighted by molar-refractivity contribution is 6.74. The number of hydrogen-bond donors (Lipinski definition) is 2. The summed E-state index contributed by atoms with van der Waals surface area (Å²) in [6.07, 6.45) is -4.05. The smallest absolute Gasteiger partial charge is 0.475 e. The van der Waals surface area contributed by atoms with E-state index in [1.54, 1.807) is 11.5 Å². The Labute approximate surface area is 245 Å². The van der Waals surface area contributed by atoms with E-state index < -0.39 is 37.9 Å². The molecule has 1 atom stereocenters. The van der Waals surface area contributed by atoms with Gasteiger partial charge >= 0.3 is 24.1 Å². The molecule has 2 aliphatic rings. The fourth-order valence-electron chi connectivity index (χ4n) is 5.36. The normalized spacial score (nSPS) is 17.3. The number of carbonyl (C=O) groups is 3. The van der Waals surface area contributed by atoms with Gasteiger partial charge in [0.1, 0.15) is 14.8 Å². The van der Waals surface area contributed by atoms with E-state index >= 15 is 0 Å². The molecule has 5 rings (SSSR count). The van der Waals surface area contributed by atoms with Crippen LogP contribution in [0.4, 0.5) is 13.2 Å². The molecule has 43 heavy (non-hydrogen) atoms. The number of ether oxygens (including phenoxy) is 2. The number of benzene rings is 1. The van der Waals surface area contributed by atoms with Gasteiger partial charge in [-0.25, -0.2) is 14.6 Å². The van der Waals surface area contributed by atoms with Gasteiger partial charge in [0, 0.05) is 23.4 Å². The number of nitrogens with one attached hydrogen (secondary N) is 1. The molecule has 0 bridgehead atoms. The first-order valence-electron chi connectivity index (χ1n) is 13.6. The highest BCUT2D eigenvalue weighted by Gasteiger charge is 2.50. The summed E-state index contributed by atoms with van der Waals surface area (Å²) in [5.74, 6) is -4.01. The molecule has 0 unspecified atom stereocenters. The molecule has 2 N–H and O–H groups in total. The summed E-state index contributed by atoms with van der Waals surface area (Å²) < 4.78 is 44.4. The fraction of sp³-hybridized carbons (Fsp3) is 0.414. The maximum atomic E-state index is 13.7. The molecule has 230 valence electrons. The van der Waals surface area contributed by atoms with Crippen LogP contribution >= 0.6 is 0 Å². The summed E-state index contributed by atoms with van der Waals surface area (Å²) in [5, 5.41) is 8.23. The van der Waals surface area contributed by atoms with Gasteiger partial charge < -0.3 is 24.1 Å². The van der Waals surface area contributed by atoms with Gasteiger partial charge in [-0.2, -0.15) is 13.2 Å². The van der Waals surface area contributed by atoms with Gasteiger partial charge in [-0.05, 0) is 43.6 Å². The molecule has 0 saturated carbocycles. The lowest BCUT2D eigenvalue weighted by atomic mass is 9.85. The van der Waals surface area contributed by atoms with E-state index in [2.05, 4.69) is 24.1 Å². The van der Waals surface area contributed by atoms with Gasteiger partial charge in [-0.3, -0.25) is 9.59 Å². The molecule has 0 fully saturated rings. The summed E-state index contributed by atoms with van der Waals surface area (Å²) in [6, 6.07) is 10.9. The summed E-state index contributed by atoms with van der Waals surface area (Å²) in [7, 11) is 0.441. The van der Waals surface area contributed by atoms with Crippen molar-refractivity contribution < 1.29 is 42.1 Å².